The Hall–Kier alpha value is -2.39. The van der Waals surface area contributed by atoms with Gasteiger partial charge in [0.25, 0.3) is 0 Å². The van der Waals surface area contributed by atoms with Crippen molar-refractivity contribution in [3.05, 3.63) is 53.1 Å². The van der Waals surface area contributed by atoms with Crippen LogP contribution in [0.5, 0.6) is 5.75 Å². The molecular weight excluding hydrogens is 402 g/mol. The van der Waals surface area contributed by atoms with Crippen molar-refractivity contribution in [2.75, 3.05) is 23.0 Å². The molecule has 0 aliphatic rings. The van der Waals surface area contributed by atoms with E-state index in [2.05, 4.69) is 5.32 Å². The fourth-order valence-electron chi connectivity index (χ4n) is 2.45. The zero-order chi connectivity index (χ0) is 20.4. The van der Waals surface area contributed by atoms with Gasteiger partial charge in [0.2, 0.25) is 15.9 Å². The van der Waals surface area contributed by atoms with Crippen molar-refractivity contribution in [3.63, 3.8) is 0 Å². The van der Waals surface area contributed by atoms with Crippen LogP contribution in [0.15, 0.2) is 36.4 Å². The summed E-state index contributed by atoms with van der Waals surface area (Å²) in [6.45, 7) is 1.31. The lowest BCUT2D eigenvalue weighted by molar-refractivity contribution is -0.116. The Morgan fingerprint density at radius 3 is 2.41 bits per heavy atom. The lowest BCUT2D eigenvalue weighted by Gasteiger charge is -2.28. The van der Waals surface area contributed by atoms with Gasteiger partial charge in [-0.05, 0) is 37.3 Å². The van der Waals surface area contributed by atoms with E-state index in [1.54, 1.807) is 6.07 Å². The molecule has 0 bridgehead atoms. The molecule has 0 unspecified atom stereocenters. The second kappa shape index (κ2) is 8.10. The van der Waals surface area contributed by atoms with Gasteiger partial charge < -0.3 is 10.1 Å². The summed E-state index contributed by atoms with van der Waals surface area (Å²) >= 11 is 5.91. The molecule has 0 fully saturated rings. The summed E-state index contributed by atoms with van der Waals surface area (Å²) in [5.41, 5.74) is 0.0534. The normalized spacial score (nSPS) is 12.4. The maximum atomic E-state index is 13.6. The lowest BCUT2D eigenvalue weighted by Crippen LogP contribution is -2.45. The highest BCUT2D eigenvalue weighted by Gasteiger charge is 2.30. The third-order valence-corrected chi connectivity index (χ3v) is 5.14. The highest BCUT2D eigenvalue weighted by Crippen LogP contribution is 2.29. The van der Waals surface area contributed by atoms with Gasteiger partial charge in [0, 0.05) is 11.1 Å². The molecule has 1 amide bonds. The van der Waals surface area contributed by atoms with Crippen molar-refractivity contribution < 1.29 is 26.7 Å². The number of amides is 1. The zero-order valence-electron chi connectivity index (χ0n) is 14.7. The molecule has 0 radical (unpaired) electrons. The molecule has 6 nitrogen and oxygen atoms in total. The minimum atomic E-state index is -3.98. The van der Waals surface area contributed by atoms with Gasteiger partial charge in [-0.15, -0.1) is 0 Å². The second-order valence-electron chi connectivity index (χ2n) is 5.67. The molecule has 2 rings (SSSR count). The number of hydrogen-bond acceptors (Lipinski definition) is 4. The minimum absolute atomic E-state index is 0.183. The van der Waals surface area contributed by atoms with E-state index in [9.17, 15) is 22.0 Å². The fraction of sp³-hybridized carbons (Fsp3) is 0.235. The minimum Gasteiger partial charge on any atom is -0.495 e. The number of benzene rings is 2. The Morgan fingerprint density at radius 2 is 1.85 bits per heavy atom. The van der Waals surface area contributed by atoms with Gasteiger partial charge in [-0.3, -0.25) is 9.10 Å². The van der Waals surface area contributed by atoms with E-state index < -0.39 is 33.6 Å². The first kappa shape index (κ1) is 20.9. The van der Waals surface area contributed by atoms with Gasteiger partial charge in [0.05, 0.1) is 24.7 Å². The fourth-order valence-corrected chi connectivity index (χ4v) is 3.78. The van der Waals surface area contributed by atoms with Crippen molar-refractivity contribution in [1.82, 2.24) is 0 Å². The van der Waals surface area contributed by atoms with E-state index in [0.717, 1.165) is 18.4 Å². The third kappa shape index (κ3) is 4.86. The van der Waals surface area contributed by atoms with Crippen LogP contribution in [0.4, 0.5) is 20.2 Å². The number of nitrogens with zero attached hydrogens (tertiary/aromatic N) is 1. The number of hydrogen-bond donors (Lipinski definition) is 1. The van der Waals surface area contributed by atoms with Crippen LogP contribution in [0.1, 0.15) is 6.92 Å². The molecule has 0 saturated heterocycles. The van der Waals surface area contributed by atoms with Crippen LogP contribution in [0.25, 0.3) is 0 Å². The lowest BCUT2D eigenvalue weighted by atomic mass is 10.2. The molecule has 2 aromatic rings. The quantitative estimate of drug-likeness (QED) is 0.779. The SMILES string of the molecule is COc1ccc(Cl)cc1NC(=O)[C@H](C)N(c1ccc(F)c(F)c1)S(C)(=O)=O. The third-order valence-electron chi connectivity index (χ3n) is 3.67. The van der Waals surface area contributed by atoms with Crippen molar-refractivity contribution in [3.8, 4) is 5.75 Å². The molecule has 0 aromatic heterocycles. The van der Waals surface area contributed by atoms with Crippen molar-refractivity contribution in [2.24, 2.45) is 0 Å². The number of methoxy groups -OCH3 is 1. The molecule has 27 heavy (non-hydrogen) atoms. The smallest absolute Gasteiger partial charge is 0.248 e. The van der Waals surface area contributed by atoms with Gasteiger partial charge in [0.1, 0.15) is 11.8 Å². The summed E-state index contributed by atoms with van der Waals surface area (Å²) in [5.74, 6) is -2.76. The summed E-state index contributed by atoms with van der Waals surface area (Å²) < 4.78 is 56.9. The van der Waals surface area contributed by atoms with E-state index in [4.69, 9.17) is 16.3 Å². The van der Waals surface area contributed by atoms with Crippen LogP contribution < -0.4 is 14.4 Å². The molecule has 146 valence electrons. The molecule has 1 N–H and O–H groups in total. The van der Waals surface area contributed by atoms with Gasteiger partial charge in [-0.2, -0.15) is 0 Å². The van der Waals surface area contributed by atoms with Crippen molar-refractivity contribution in [2.45, 2.75) is 13.0 Å². The Bertz CT molecular complexity index is 969. The summed E-state index contributed by atoms with van der Waals surface area (Å²) in [4.78, 5) is 12.6. The largest absolute Gasteiger partial charge is 0.495 e. The summed E-state index contributed by atoms with van der Waals surface area (Å²) in [6.07, 6.45) is 0.859. The molecule has 0 aliphatic carbocycles. The predicted octanol–water partition coefficient (Wildman–Crippen LogP) is 3.42. The van der Waals surface area contributed by atoms with Crippen LogP contribution in [-0.2, 0) is 14.8 Å². The Morgan fingerprint density at radius 1 is 1.19 bits per heavy atom. The molecule has 0 heterocycles. The molecule has 0 saturated carbocycles. The van der Waals surface area contributed by atoms with Gasteiger partial charge in [0.15, 0.2) is 11.6 Å². The van der Waals surface area contributed by atoms with Crippen LogP contribution in [-0.4, -0.2) is 33.7 Å². The maximum absolute atomic E-state index is 13.6. The van der Waals surface area contributed by atoms with Gasteiger partial charge in [-0.1, -0.05) is 11.6 Å². The van der Waals surface area contributed by atoms with Gasteiger partial charge in [-0.25, -0.2) is 17.2 Å². The Kier molecular flexibility index (Phi) is 6.27. The van der Waals surface area contributed by atoms with E-state index in [1.165, 1.54) is 26.2 Å². The van der Waals surface area contributed by atoms with E-state index >= 15 is 0 Å². The number of carbonyl (C=O) groups excluding carboxylic acids is 1. The van der Waals surface area contributed by atoms with E-state index in [1.807, 2.05) is 0 Å². The standard InChI is InChI=1S/C17H17ClF2N2O4S/c1-10(17(23)21-15-8-11(18)4-7-16(15)26-2)22(27(3,24)25)12-5-6-13(19)14(20)9-12/h4-10H,1-3H3,(H,21,23)/t10-/m0/s1. The first-order valence-corrected chi connectivity index (χ1v) is 9.86. The summed E-state index contributed by atoms with van der Waals surface area (Å²) in [6, 6.07) is 5.83. The van der Waals surface area contributed by atoms with E-state index in [-0.39, 0.29) is 11.4 Å². The zero-order valence-corrected chi connectivity index (χ0v) is 16.2. The van der Waals surface area contributed by atoms with Crippen LogP contribution in [0.3, 0.4) is 0 Å². The topological polar surface area (TPSA) is 75.7 Å². The highest BCUT2D eigenvalue weighted by molar-refractivity contribution is 7.92. The average molecular weight is 419 g/mol. The molecule has 10 heteroatoms. The van der Waals surface area contributed by atoms with Crippen LogP contribution in [0.2, 0.25) is 5.02 Å². The molecule has 2 aromatic carbocycles. The van der Waals surface area contributed by atoms with Crippen LogP contribution in [0, 0.1) is 11.6 Å². The molecule has 0 spiro atoms. The number of ether oxygens (including phenoxy) is 1. The highest BCUT2D eigenvalue weighted by atomic mass is 35.5. The number of anilines is 2. The summed E-state index contributed by atoms with van der Waals surface area (Å²) in [7, 11) is -2.59. The first-order chi connectivity index (χ1) is 12.5. The van der Waals surface area contributed by atoms with Crippen LogP contribution >= 0.6 is 11.6 Å². The van der Waals surface area contributed by atoms with E-state index in [0.29, 0.717) is 21.1 Å². The monoisotopic (exact) mass is 418 g/mol. The first-order valence-electron chi connectivity index (χ1n) is 7.63. The summed E-state index contributed by atoms with van der Waals surface area (Å²) in [5, 5.41) is 2.86. The number of carbonyl (C=O) groups is 1. The number of sulfonamides is 1. The number of rotatable bonds is 6. The maximum Gasteiger partial charge on any atom is 0.248 e. The Balaban J connectivity index is 2.38. The van der Waals surface area contributed by atoms with Crippen molar-refractivity contribution in [1.29, 1.82) is 0 Å². The Labute approximate surface area is 160 Å². The number of halogens is 3. The predicted molar refractivity (Wildman–Crippen MR) is 99.8 cm³/mol. The molecule has 0 aliphatic heterocycles. The van der Waals surface area contributed by atoms with Crippen molar-refractivity contribution >= 4 is 38.9 Å². The molecular formula is C17H17ClF2N2O4S. The average Bonchev–Trinajstić information content (AvgIpc) is 2.57. The number of nitrogens with one attached hydrogen (secondary N) is 1. The second-order valence-corrected chi connectivity index (χ2v) is 7.96. The molecule has 1 atom stereocenters. The van der Waals surface area contributed by atoms with Gasteiger partial charge >= 0.3 is 0 Å².